The van der Waals surface area contributed by atoms with Crippen LogP contribution >= 0.6 is 0 Å². The molecule has 0 unspecified atom stereocenters. The molecular weight excluding hydrogens is 206 g/mol. The van der Waals surface area contributed by atoms with Gasteiger partial charge in [0.2, 0.25) is 0 Å². The van der Waals surface area contributed by atoms with E-state index in [0.717, 1.165) is 16.8 Å². The van der Waals surface area contributed by atoms with Gasteiger partial charge in [0, 0.05) is 6.92 Å². The topological polar surface area (TPSA) is 44.5 Å². The van der Waals surface area contributed by atoms with Crippen LogP contribution in [0.5, 0.6) is 11.5 Å². The SMILES string of the molecule is CC.Cc1nc2c3c(ccc2o1)OCCO3. The molecule has 4 heteroatoms. The maximum absolute atomic E-state index is 5.50. The van der Waals surface area contributed by atoms with Crippen molar-refractivity contribution in [1.82, 2.24) is 4.98 Å². The van der Waals surface area contributed by atoms with E-state index in [9.17, 15) is 0 Å². The van der Waals surface area contributed by atoms with E-state index in [-0.39, 0.29) is 0 Å². The molecule has 0 bridgehead atoms. The van der Waals surface area contributed by atoms with Crippen LogP contribution < -0.4 is 9.47 Å². The van der Waals surface area contributed by atoms with Crippen molar-refractivity contribution in [2.24, 2.45) is 0 Å². The highest BCUT2D eigenvalue weighted by atomic mass is 16.6. The first-order valence-corrected chi connectivity index (χ1v) is 5.50. The molecule has 0 radical (unpaired) electrons. The Balaban J connectivity index is 0.000000457. The van der Waals surface area contributed by atoms with Gasteiger partial charge in [0.25, 0.3) is 0 Å². The van der Waals surface area contributed by atoms with E-state index >= 15 is 0 Å². The summed E-state index contributed by atoms with van der Waals surface area (Å²) in [6.07, 6.45) is 0. The molecule has 3 rings (SSSR count). The van der Waals surface area contributed by atoms with Crippen molar-refractivity contribution >= 4 is 11.1 Å². The molecule has 0 fully saturated rings. The van der Waals surface area contributed by atoms with Crippen LogP contribution in [0.15, 0.2) is 16.5 Å². The van der Waals surface area contributed by atoms with E-state index in [1.807, 2.05) is 32.9 Å². The van der Waals surface area contributed by atoms with Crippen molar-refractivity contribution < 1.29 is 13.9 Å². The quantitative estimate of drug-likeness (QED) is 0.686. The Morgan fingerprint density at radius 1 is 1.12 bits per heavy atom. The lowest BCUT2D eigenvalue weighted by Gasteiger charge is -2.17. The third-order valence-corrected chi connectivity index (χ3v) is 2.17. The fourth-order valence-electron chi connectivity index (χ4n) is 1.61. The Morgan fingerprint density at radius 3 is 2.69 bits per heavy atom. The largest absolute Gasteiger partial charge is 0.486 e. The van der Waals surface area contributed by atoms with Gasteiger partial charge in [0.1, 0.15) is 13.2 Å². The molecule has 0 spiro atoms. The molecule has 2 aromatic rings. The molecule has 0 saturated heterocycles. The second-order valence-corrected chi connectivity index (χ2v) is 3.17. The zero-order valence-corrected chi connectivity index (χ0v) is 9.74. The van der Waals surface area contributed by atoms with Gasteiger partial charge in [-0.25, -0.2) is 4.98 Å². The van der Waals surface area contributed by atoms with Crippen LogP contribution in [-0.2, 0) is 0 Å². The molecule has 1 aliphatic heterocycles. The van der Waals surface area contributed by atoms with E-state index in [4.69, 9.17) is 13.9 Å². The number of rotatable bonds is 0. The predicted molar refractivity (Wildman–Crippen MR) is 61.1 cm³/mol. The average Bonchev–Trinajstić information content (AvgIpc) is 2.72. The molecule has 0 amide bonds. The van der Waals surface area contributed by atoms with Crippen molar-refractivity contribution in [2.45, 2.75) is 20.8 Å². The van der Waals surface area contributed by atoms with E-state index in [2.05, 4.69) is 4.98 Å². The fourth-order valence-corrected chi connectivity index (χ4v) is 1.61. The lowest BCUT2D eigenvalue weighted by atomic mass is 10.2. The van der Waals surface area contributed by atoms with Gasteiger partial charge in [0.05, 0.1) is 0 Å². The summed E-state index contributed by atoms with van der Waals surface area (Å²) in [5.74, 6) is 2.09. The standard InChI is InChI=1S/C10H9NO3.C2H6/c1-6-11-9-7(14-6)2-3-8-10(9)13-5-4-12-8;1-2/h2-3H,4-5H2,1H3;1-2H3. The summed E-state index contributed by atoms with van der Waals surface area (Å²) in [4.78, 5) is 4.25. The first-order chi connectivity index (χ1) is 7.84. The van der Waals surface area contributed by atoms with Gasteiger partial charge in [-0.05, 0) is 12.1 Å². The Kier molecular flexibility index (Phi) is 2.99. The molecule has 0 aliphatic carbocycles. The number of nitrogens with zero attached hydrogens (tertiary/aromatic N) is 1. The molecule has 1 aromatic heterocycles. The Bertz CT molecular complexity index is 490. The normalized spacial score (nSPS) is 13.2. The number of aromatic nitrogens is 1. The number of hydrogen-bond acceptors (Lipinski definition) is 4. The lowest BCUT2D eigenvalue weighted by Crippen LogP contribution is -2.15. The highest BCUT2D eigenvalue weighted by molar-refractivity contribution is 5.83. The van der Waals surface area contributed by atoms with Crippen LogP contribution in [0.25, 0.3) is 11.1 Å². The zero-order chi connectivity index (χ0) is 11.5. The number of ether oxygens (including phenoxy) is 2. The van der Waals surface area contributed by atoms with Gasteiger partial charge in [-0.2, -0.15) is 0 Å². The predicted octanol–water partition coefficient (Wildman–Crippen LogP) is 2.93. The highest BCUT2D eigenvalue weighted by Crippen LogP contribution is 2.37. The maximum atomic E-state index is 5.50. The van der Waals surface area contributed by atoms with Gasteiger partial charge in [-0.3, -0.25) is 0 Å². The third kappa shape index (κ3) is 1.71. The molecular formula is C12H15NO3. The van der Waals surface area contributed by atoms with E-state index in [0.29, 0.717) is 24.9 Å². The van der Waals surface area contributed by atoms with Crippen LogP contribution in [0.3, 0.4) is 0 Å². The summed E-state index contributed by atoms with van der Waals surface area (Å²) in [5, 5.41) is 0. The Hall–Kier alpha value is -1.71. The van der Waals surface area contributed by atoms with Crippen LogP contribution in [-0.4, -0.2) is 18.2 Å². The summed E-state index contributed by atoms with van der Waals surface area (Å²) in [7, 11) is 0. The molecule has 0 saturated carbocycles. The number of oxazole rings is 1. The number of fused-ring (bicyclic) bond motifs is 3. The first-order valence-electron chi connectivity index (χ1n) is 5.50. The van der Waals surface area contributed by atoms with Gasteiger partial charge < -0.3 is 13.9 Å². The summed E-state index contributed by atoms with van der Waals surface area (Å²) >= 11 is 0. The zero-order valence-electron chi connectivity index (χ0n) is 9.74. The molecule has 2 heterocycles. The number of benzene rings is 1. The van der Waals surface area contributed by atoms with Crippen LogP contribution in [0, 0.1) is 6.92 Å². The molecule has 1 aliphatic rings. The summed E-state index contributed by atoms with van der Waals surface area (Å²) < 4.78 is 16.3. The Labute approximate surface area is 94.2 Å². The second kappa shape index (κ2) is 4.43. The van der Waals surface area contributed by atoms with Crippen LogP contribution in [0.2, 0.25) is 0 Å². The molecule has 16 heavy (non-hydrogen) atoms. The first kappa shape index (κ1) is 10.8. The smallest absolute Gasteiger partial charge is 0.192 e. The summed E-state index contributed by atoms with van der Waals surface area (Å²) in [5.41, 5.74) is 1.49. The summed E-state index contributed by atoms with van der Waals surface area (Å²) in [6.45, 7) is 6.98. The van der Waals surface area contributed by atoms with Gasteiger partial charge in [0.15, 0.2) is 28.5 Å². The molecule has 86 valence electrons. The minimum atomic E-state index is 0.567. The molecule has 0 atom stereocenters. The average molecular weight is 221 g/mol. The van der Waals surface area contributed by atoms with Crippen molar-refractivity contribution in [3.8, 4) is 11.5 Å². The highest BCUT2D eigenvalue weighted by Gasteiger charge is 2.18. The second-order valence-electron chi connectivity index (χ2n) is 3.17. The Morgan fingerprint density at radius 2 is 1.88 bits per heavy atom. The van der Waals surface area contributed by atoms with Gasteiger partial charge in [-0.15, -0.1) is 0 Å². The van der Waals surface area contributed by atoms with Crippen LogP contribution in [0.1, 0.15) is 19.7 Å². The van der Waals surface area contributed by atoms with E-state index in [1.54, 1.807) is 0 Å². The minimum Gasteiger partial charge on any atom is -0.486 e. The van der Waals surface area contributed by atoms with E-state index in [1.165, 1.54) is 0 Å². The van der Waals surface area contributed by atoms with Gasteiger partial charge in [-0.1, -0.05) is 13.8 Å². The van der Waals surface area contributed by atoms with Crippen molar-refractivity contribution in [3.63, 3.8) is 0 Å². The lowest BCUT2D eigenvalue weighted by molar-refractivity contribution is 0.173. The molecule has 1 aromatic carbocycles. The molecule has 0 N–H and O–H groups in total. The van der Waals surface area contributed by atoms with Gasteiger partial charge >= 0.3 is 0 Å². The molecule has 4 nitrogen and oxygen atoms in total. The van der Waals surface area contributed by atoms with Crippen molar-refractivity contribution in [3.05, 3.63) is 18.0 Å². The number of hydrogen-bond donors (Lipinski definition) is 0. The monoisotopic (exact) mass is 221 g/mol. The summed E-state index contributed by atoms with van der Waals surface area (Å²) in [6, 6.07) is 3.70. The third-order valence-electron chi connectivity index (χ3n) is 2.17. The maximum Gasteiger partial charge on any atom is 0.192 e. The fraction of sp³-hybridized carbons (Fsp3) is 0.417. The van der Waals surface area contributed by atoms with Crippen molar-refractivity contribution in [1.29, 1.82) is 0 Å². The number of aryl methyl sites for hydroxylation is 1. The van der Waals surface area contributed by atoms with E-state index < -0.39 is 0 Å². The minimum absolute atomic E-state index is 0.567. The van der Waals surface area contributed by atoms with Crippen molar-refractivity contribution in [2.75, 3.05) is 13.2 Å². The van der Waals surface area contributed by atoms with Crippen LogP contribution in [0.4, 0.5) is 0 Å².